The minimum Gasteiger partial charge on any atom is -0.496 e. The molecule has 28 heavy (non-hydrogen) atoms. The summed E-state index contributed by atoms with van der Waals surface area (Å²) in [4.78, 5) is 24.9. The van der Waals surface area contributed by atoms with Gasteiger partial charge in [0, 0.05) is 23.7 Å². The highest BCUT2D eigenvalue weighted by atomic mass is 35.5. The maximum Gasteiger partial charge on any atom is 0.340 e. The normalized spacial score (nSPS) is 10.7. The summed E-state index contributed by atoms with van der Waals surface area (Å²) in [5, 5.41) is 4.03. The molecule has 0 aliphatic rings. The second kappa shape index (κ2) is 8.35. The Balaban J connectivity index is 1.88. The summed E-state index contributed by atoms with van der Waals surface area (Å²) in [5.74, 6) is 0.734. The van der Waals surface area contributed by atoms with Gasteiger partial charge in [0.05, 0.1) is 31.6 Å². The second-order valence-corrected chi connectivity index (χ2v) is 6.72. The van der Waals surface area contributed by atoms with Gasteiger partial charge in [-0.25, -0.2) is 4.79 Å². The number of methoxy groups -OCH3 is 2. The molecule has 0 atom stereocenters. The lowest BCUT2D eigenvalue weighted by molar-refractivity contribution is -0.120. The third kappa shape index (κ3) is 4.12. The number of halogens is 1. The van der Waals surface area contributed by atoms with Crippen LogP contribution in [0.1, 0.15) is 16.7 Å². The highest BCUT2D eigenvalue weighted by molar-refractivity contribution is 6.30. The van der Waals surface area contributed by atoms with Gasteiger partial charge in [-0.2, -0.15) is 0 Å². The molecule has 3 rings (SSSR count). The number of carbonyl (C=O) groups excluding carboxylic acids is 1. The van der Waals surface area contributed by atoms with Crippen molar-refractivity contribution in [3.8, 4) is 11.5 Å². The Labute approximate surface area is 167 Å². The first-order valence-electron chi connectivity index (χ1n) is 8.62. The number of aryl methyl sites for hydroxylation is 1. The van der Waals surface area contributed by atoms with E-state index in [1.165, 1.54) is 14.2 Å². The van der Waals surface area contributed by atoms with Crippen molar-refractivity contribution in [2.24, 2.45) is 0 Å². The number of hydrogen-bond donors (Lipinski definition) is 1. The Morgan fingerprint density at radius 1 is 1.18 bits per heavy atom. The van der Waals surface area contributed by atoms with Gasteiger partial charge < -0.3 is 19.2 Å². The Morgan fingerprint density at radius 2 is 1.96 bits per heavy atom. The van der Waals surface area contributed by atoms with E-state index < -0.39 is 5.63 Å². The van der Waals surface area contributed by atoms with Crippen molar-refractivity contribution < 1.29 is 18.7 Å². The molecule has 146 valence electrons. The minimum absolute atomic E-state index is 0.0974. The van der Waals surface area contributed by atoms with Gasteiger partial charge in [-0.15, -0.1) is 0 Å². The number of ether oxygens (including phenoxy) is 2. The van der Waals surface area contributed by atoms with Gasteiger partial charge in [0.25, 0.3) is 0 Å². The number of rotatable bonds is 6. The molecule has 0 aliphatic heterocycles. The van der Waals surface area contributed by atoms with E-state index in [2.05, 4.69) is 5.32 Å². The molecule has 0 unspecified atom stereocenters. The van der Waals surface area contributed by atoms with Crippen molar-refractivity contribution >= 4 is 28.5 Å². The molecular formula is C21H20ClNO5. The highest BCUT2D eigenvalue weighted by Gasteiger charge is 2.18. The van der Waals surface area contributed by atoms with Gasteiger partial charge in [0.2, 0.25) is 5.91 Å². The van der Waals surface area contributed by atoms with Crippen LogP contribution in [-0.2, 0) is 17.8 Å². The van der Waals surface area contributed by atoms with E-state index in [0.29, 0.717) is 45.2 Å². The maximum atomic E-state index is 12.5. The van der Waals surface area contributed by atoms with Gasteiger partial charge in [-0.3, -0.25) is 4.79 Å². The quantitative estimate of drug-likeness (QED) is 0.638. The average Bonchev–Trinajstić information content (AvgIpc) is 2.68. The molecule has 6 nitrogen and oxygen atoms in total. The first-order chi connectivity index (χ1) is 13.4. The van der Waals surface area contributed by atoms with Crippen LogP contribution >= 0.6 is 11.6 Å². The molecular weight excluding hydrogens is 382 g/mol. The number of fused-ring (bicyclic) bond motifs is 1. The second-order valence-electron chi connectivity index (χ2n) is 6.28. The van der Waals surface area contributed by atoms with Crippen LogP contribution < -0.4 is 20.4 Å². The zero-order valence-electron chi connectivity index (χ0n) is 15.8. The van der Waals surface area contributed by atoms with Gasteiger partial charge in [0.1, 0.15) is 17.1 Å². The molecule has 0 aliphatic carbocycles. The topological polar surface area (TPSA) is 77.8 Å². The van der Waals surface area contributed by atoms with E-state index >= 15 is 0 Å². The van der Waals surface area contributed by atoms with Crippen molar-refractivity contribution in [1.82, 2.24) is 5.32 Å². The van der Waals surface area contributed by atoms with Gasteiger partial charge in [-0.1, -0.05) is 23.7 Å². The van der Waals surface area contributed by atoms with Gasteiger partial charge in [-0.05, 0) is 30.2 Å². The van der Waals surface area contributed by atoms with Crippen LogP contribution in [0, 0.1) is 6.92 Å². The van der Waals surface area contributed by atoms with E-state index in [0.717, 1.165) is 5.56 Å². The van der Waals surface area contributed by atoms with E-state index in [4.69, 9.17) is 25.5 Å². The van der Waals surface area contributed by atoms with Crippen LogP contribution in [0.15, 0.2) is 45.6 Å². The summed E-state index contributed by atoms with van der Waals surface area (Å²) < 4.78 is 16.0. The molecule has 1 N–H and O–H groups in total. The first kappa shape index (κ1) is 19.8. The molecule has 0 radical (unpaired) electrons. The number of amides is 1. The molecule has 3 aromatic rings. The van der Waals surface area contributed by atoms with Crippen LogP contribution in [0.2, 0.25) is 5.02 Å². The number of hydrogen-bond acceptors (Lipinski definition) is 5. The van der Waals surface area contributed by atoms with Gasteiger partial charge in [0.15, 0.2) is 0 Å². The average molecular weight is 402 g/mol. The lowest BCUT2D eigenvalue weighted by Gasteiger charge is -2.13. The predicted molar refractivity (Wildman–Crippen MR) is 107 cm³/mol. The van der Waals surface area contributed by atoms with E-state index in [9.17, 15) is 9.59 Å². The zero-order chi connectivity index (χ0) is 20.3. The third-order valence-electron chi connectivity index (χ3n) is 4.49. The molecule has 0 saturated carbocycles. The molecule has 1 amide bonds. The van der Waals surface area contributed by atoms with Crippen molar-refractivity contribution in [3.05, 3.63) is 68.5 Å². The molecule has 1 heterocycles. The summed E-state index contributed by atoms with van der Waals surface area (Å²) in [7, 11) is 3.04. The summed E-state index contributed by atoms with van der Waals surface area (Å²) in [5.41, 5.74) is 1.60. The molecule has 0 spiro atoms. The summed E-state index contributed by atoms with van der Waals surface area (Å²) >= 11 is 5.95. The largest absolute Gasteiger partial charge is 0.496 e. The zero-order valence-corrected chi connectivity index (χ0v) is 16.6. The minimum atomic E-state index is -0.557. The van der Waals surface area contributed by atoms with Crippen LogP contribution in [0.25, 0.3) is 11.0 Å². The molecule has 7 heteroatoms. The molecule has 1 aromatic heterocycles. The molecule has 0 fully saturated rings. The monoisotopic (exact) mass is 401 g/mol. The summed E-state index contributed by atoms with van der Waals surface area (Å²) in [6.45, 7) is 2.09. The van der Waals surface area contributed by atoms with Crippen LogP contribution in [0.3, 0.4) is 0 Å². The fourth-order valence-corrected chi connectivity index (χ4v) is 3.25. The summed E-state index contributed by atoms with van der Waals surface area (Å²) in [6, 6.07) is 10.5. The third-order valence-corrected chi connectivity index (χ3v) is 4.72. The van der Waals surface area contributed by atoms with Crippen molar-refractivity contribution in [1.29, 1.82) is 0 Å². The van der Waals surface area contributed by atoms with Crippen molar-refractivity contribution in [2.45, 2.75) is 19.9 Å². The van der Waals surface area contributed by atoms with Crippen molar-refractivity contribution in [3.63, 3.8) is 0 Å². The Morgan fingerprint density at radius 3 is 2.64 bits per heavy atom. The molecule has 2 aromatic carbocycles. The fourth-order valence-electron chi connectivity index (χ4n) is 3.04. The lowest BCUT2D eigenvalue weighted by atomic mass is 10.0. The van der Waals surface area contributed by atoms with Crippen LogP contribution in [0.4, 0.5) is 0 Å². The lowest BCUT2D eigenvalue weighted by Crippen LogP contribution is -2.27. The Kier molecular flexibility index (Phi) is 5.90. The first-order valence-corrected chi connectivity index (χ1v) is 9.00. The predicted octanol–water partition coefficient (Wildman–Crippen LogP) is 3.63. The smallest absolute Gasteiger partial charge is 0.340 e. The van der Waals surface area contributed by atoms with E-state index in [1.807, 2.05) is 12.1 Å². The molecule has 0 saturated heterocycles. The van der Waals surface area contributed by atoms with Crippen LogP contribution in [-0.4, -0.2) is 20.1 Å². The highest BCUT2D eigenvalue weighted by Crippen LogP contribution is 2.33. The molecule has 0 bridgehead atoms. The maximum absolute atomic E-state index is 12.5. The van der Waals surface area contributed by atoms with Gasteiger partial charge >= 0.3 is 5.63 Å². The number of carbonyl (C=O) groups is 1. The number of nitrogens with one attached hydrogen (secondary N) is 1. The Hall–Kier alpha value is -2.99. The summed E-state index contributed by atoms with van der Waals surface area (Å²) in [6.07, 6.45) is -0.0974. The van der Waals surface area contributed by atoms with E-state index in [1.54, 1.807) is 31.2 Å². The fraction of sp³-hybridized carbons (Fsp3) is 0.238. The standard InChI is InChI=1S/C21H20ClNO5/c1-12-16(10-19(24)23-11-13-5-4-6-14(22)7-13)21(25)28-18-9-15(26-2)8-17(27-3)20(12)18/h4-9H,10-11H2,1-3H3,(H,23,24). The van der Waals surface area contributed by atoms with E-state index in [-0.39, 0.29) is 12.3 Å². The SMILES string of the molecule is COc1cc(OC)c2c(C)c(CC(=O)NCc3cccc(Cl)c3)c(=O)oc2c1. The number of benzene rings is 2. The van der Waals surface area contributed by atoms with Crippen molar-refractivity contribution in [2.75, 3.05) is 14.2 Å². The van der Waals surface area contributed by atoms with Crippen LogP contribution in [0.5, 0.6) is 11.5 Å². The Bertz CT molecular complexity index is 1090.